The SMILES string of the molecule is CCC(=O)N1CCCC(C(=O)NNC(=O)c2cc(-c3ccc(C)cc3)nc3ccccc23)C1. The van der Waals surface area contributed by atoms with E-state index in [9.17, 15) is 14.4 Å². The van der Waals surface area contributed by atoms with Gasteiger partial charge in [-0.25, -0.2) is 4.98 Å². The van der Waals surface area contributed by atoms with Gasteiger partial charge in [0.2, 0.25) is 11.8 Å². The van der Waals surface area contributed by atoms with Crippen LogP contribution in [0.2, 0.25) is 0 Å². The van der Waals surface area contributed by atoms with Crippen LogP contribution in [0.5, 0.6) is 0 Å². The molecule has 7 nitrogen and oxygen atoms in total. The largest absolute Gasteiger partial charge is 0.342 e. The van der Waals surface area contributed by atoms with Crippen molar-refractivity contribution in [2.24, 2.45) is 5.92 Å². The number of amides is 3. The molecule has 4 rings (SSSR count). The highest BCUT2D eigenvalue weighted by Gasteiger charge is 2.28. The molecule has 3 amide bonds. The van der Waals surface area contributed by atoms with Gasteiger partial charge in [0, 0.05) is 30.5 Å². The number of pyridine rings is 1. The number of carbonyl (C=O) groups excluding carboxylic acids is 3. The predicted molar refractivity (Wildman–Crippen MR) is 127 cm³/mol. The Balaban J connectivity index is 1.52. The number of hydrogen-bond donors (Lipinski definition) is 2. The number of hydrogen-bond acceptors (Lipinski definition) is 4. The molecule has 0 bridgehead atoms. The highest BCUT2D eigenvalue weighted by Crippen LogP contribution is 2.25. The van der Waals surface area contributed by atoms with Gasteiger partial charge in [-0.2, -0.15) is 0 Å². The number of carbonyl (C=O) groups is 3. The number of para-hydroxylation sites is 1. The standard InChI is InChI=1S/C26H28N4O3/c1-3-24(31)30-14-6-7-19(16-30)25(32)28-29-26(33)21-15-23(18-12-10-17(2)11-13-18)27-22-9-5-4-8-20(21)22/h4-5,8-13,15,19H,3,6-7,14,16H2,1-2H3,(H,28,32)(H,29,33). The van der Waals surface area contributed by atoms with Crippen LogP contribution in [0.25, 0.3) is 22.2 Å². The first-order valence-electron chi connectivity index (χ1n) is 11.3. The third-order valence-corrected chi connectivity index (χ3v) is 6.05. The Labute approximate surface area is 193 Å². The average Bonchev–Trinajstić information content (AvgIpc) is 2.86. The molecule has 0 aliphatic carbocycles. The molecule has 2 aromatic carbocycles. The fourth-order valence-electron chi connectivity index (χ4n) is 4.16. The van der Waals surface area contributed by atoms with Gasteiger partial charge in [0.05, 0.1) is 22.7 Å². The fourth-order valence-corrected chi connectivity index (χ4v) is 4.16. The number of nitrogens with zero attached hydrogens (tertiary/aromatic N) is 2. The normalized spacial score (nSPS) is 15.8. The zero-order valence-electron chi connectivity index (χ0n) is 18.9. The molecule has 1 atom stereocenters. The van der Waals surface area contributed by atoms with Crippen molar-refractivity contribution in [2.75, 3.05) is 13.1 Å². The summed E-state index contributed by atoms with van der Waals surface area (Å²) in [6.45, 7) is 4.89. The van der Waals surface area contributed by atoms with Crippen molar-refractivity contribution in [1.82, 2.24) is 20.7 Å². The quantitative estimate of drug-likeness (QED) is 0.602. The second-order valence-corrected chi connectivity index (χ2v) is 8.41. The van der Waals surface area contributed by atoms with Crippen LogP contribution < -0.4 is 10.9 Å². The van der Waals surface area contributed by atoms with Gasteiger partial charge in [-0.15, -0.1) is 0 Å². The lowest BCUT2D eigenvalue weighted by atomic mass is 9.97. The zero-order valence-corrected chi connectivity index (χ0v) is 18.9. The number of aromatic nitrogens is 1. The third-order valence-electron chi connectivity index (χ3n) is 6.05. The topological polar surface area (TPSA) is 91.4 Å². The number of nitrogens with one attached hydrogen (secondary N) is 2. The average molecular weight is 445 g/mol. The van der Waals surface area contributed by atoms with Crippen LogP contribution >= 0.6 is 0 Å². The van der Waals surface area contributed by atoms with Crippen molar-refractivity contribution in [2.45, 2.75) is 33.1 Å². The summed E-state index contributed by atoms with van der Waals surface area (Å²) in [6, 6.07) is 17.1. The van der Waals surface area contributed by atoms with Crippen LogP contribution in [-0.4, -0.2) is 40.7 Å². The molecular formula is C26H28N4O3. The maximum Gasteiger partial charge on any atom is 0.270 e. The minimum atomic E-state index is -0.410. The van der Waals surface area contributed by atoms with Crippen molar-refractivity contribution in [1.29, 1.82) is 0 Å². The van der Waals surface area contributed by atoms with E-state index in [-0.39, 0.29) is 17.7 Å². The van der Waals surface area contributed by atoms with Crippen molar-refractivity contribution in [3.05, 3.63) is 65.7 Å². The number of piperidine rings is 1. The highest BCUT2D eigenvalue weighted by atomic mass is 16.2. The lowest BCUT2D eigenvalue weighted by Gasteiger charge is -2.31. The number of fused-ring (bicyclic) bond motifs is 1. The smallest absolute Gasteiger partial charge is 0.270 e. The Kier molecular flexibility index (Phi) is 6.68. The number of likely N-dealkylation sites (tertiary alicyclic amines) is 1. The monoisotopic (exact) mass is 444 g/mol. The number of rotatable bonds is 4. The summed E-state index contributed by atoms with van der Waals surface area (Å²) >= 11 is 0. The van der Waals surface area contributed by atoms with Gasteiger partial charge < -0.3 is 4.90 Å². The summed E-state index contributed by atoms with van der Waals surface area (Å²) < 4.78 is 0. The van der Waals surface area contributed by atoms with E-state index in [4.69, 9.17) is 4.98 Å². The zero-order chi connectivity index (χ0) is 23.4. The lowest BCUT2D eigenvalue weighted by Crippen LogP contribution is -2.50. The Bertz CT molecular complexity index is 1190. The number of benzene rings is 2. The van der Waals surface area contributed by atoms with Crippen LogP contribution in [0.1, 0.15) is 42.1 Å². The predicted octanol–water partition coefficient (Wildman–Crippen LogP) is 3.62. The molecule has 33 heavy (non-hydrogen) atoms. The van der Waals surface area contributed by atoms with Crippen molar-refractivity contribution in [3.8, 4) is 11.3 Å². The molecule has 0 spiro atoms. The van der Waals surface area contributed by atoms with Gasteiger partial charge >= 0.3 is 0 Å². The Morgan fingerprint density at radius 2 is 1.82 bits per heavy atom. The molecule has 7 heteroatoms. The van der Waals surface area contributed by atoms with E-state index in [1.807, 2.05) is 62.4 Å². The molecule has 1 aromatic heterocycles. The molecule has 2 heterocycles. The van der Waals surface area contributed by atoms with Gasteiger partial charge in [-0.3, -0.25) is 25.2 Å². The first-order chi connectivity index (χ1) is 16.0. The number of aryl methyl sites for hydroxylation is 1. The summed E-state index contributed by atoms with van der Waals surface area (Å²) in [5, 5.41) is 0.706. The maximum absolute atomic E-state index is 13.1. The lowest BCUT2D eigenvalue weighted by molar-refractivity contribution is -0.135. The van der Waals surface area contributed by atoms with E-state index >= 15 is 0 Å². The van der Waals surface area contributed by atoms with E-state index in [0.717, 1.165) is 17.5 Å². The minimum absolute atomic E-state index is 0.0448. The molecule has 1 unspecified atom stereocenters. The van der Waals surface area contributed by atoms with Gasteiger partial charge in [0.15, 0.2) is 0 Å². The van der Waals surface area contributed by atoms with Gasteiger partial charge in [0.1, 0.15) is 0 Å². The summed E-state index contributed by atoms with van der Waals surface area (Å²) in [5.41, 5.74) is 9.00. The third kappa shape index (κ3) is 5.03. The van der Waals surface area contributed by atoms with Crippen LogP contribution in [-0.2, 0) is 9.59 Å². The van der Waals surface area contributed by atoms with E-state index in [1.165, 1.54) is 0 Å². The van der Waals surface area contributed by atoms with Crippen LogP contribution in [0.3, 0.4) is 0 Å². The molecule has 0 radical (unpaired) electrons. The Morgan fingerprint density at radius 3 is 2.58 bits per heavy atom. The summed E-state index contributed by atoms with van der Waals surface area (Å²) in [5.74, 6) is -0.989. The Morgan fingerprint density at radius 1 is 1.06 bits per heavy atom. The van der Waals surface area contributed by atoms with Crippen molar-refractivity contribution >= 4 is 28.6 Å². The van der Waals surface area contributed by atoms with Crippen LogP contribution in [0.4, 0.5) is 0 Å². The molecule has 1 aliphatic rings. The Hall–Kier alpha value is -3.74. The van der Waals surface area contributed by atoms with E-state index in [2.05, 4.69) is 10.9 Å². The molecule has 1 aliphatic heterocycles. The molecule has 1 saturated heterocycles. The summed E-state index contributed by atoms with van der Waals surface area (Å²) in [6.07, 6.45) is 1.88. The molecule has 2 N–H and O–H groups in total. The van der Waals surface area contributed by atoms with Gasteiger partial charge in [-0.1, -0.05) is 55.0 Å². The molecule has 0 saturated carbocycles. The highest BCUT2D eigenvalue weighted by molar-refractivity contribution is 6.07. The van der Waals surface area contributed by atoms with E-state index < -0.39 is 5.91 Å². The second kappa shape index (κ2) is 9.81. The van der Waals surface area contributed by atoms with E-state index in [0.29, 0.717) is 48.1 Å². The maximum atomic E-state index is 13.1. The number of hydrazine groups is 1. The molecule has 170 valence electrons. The van der Waals surface area contributed by atoms with Crippen molar-refractivity contribution < 1.29 is 14.4 Å². The second-order valence-electron chi connectivity index (χ2n) is 8.41. The fraction of sp³-hybridized carbons (Fsp3) is 0.308. The summed E-state index contributed by atoms with van der Waals surface area (Å²) in [7, 11) is 0. The van der Waals surface area contributed by atoms with Gasteiger partial charge in [-0.05, 0) is 31.9 Å². The van der Waals surface area contributed by atoms with Crippen molar-refractivity contribution in [3.63, 3.8) is 0 Å². The molecular weight excluding hydrogens is 416 g/mol. The first-order valence-corrected chi connectivity index (χ1v) is 11.3. The van der Waals surface area contributed by atoms with E-state index in [1.54, 1.807) is 11.0 Å². The molecule has 1 fully saturated rings. The minimum Gasteiger partial charge on any atom is -0.342 e. The first kappa shape index (κ1) is 22.5. The van der Waals surface area contributed by atoms with Gasteiger partial charge in [0.25, 0.3) is 5.91 Å². The summed E-state index contributed by atoms with van der Waals surface area (Å²) in [4.78, 5) is 44.2. The van der Waals surface area contributed by atoms with Crippen LogP contribution in [0, 0.1) is 12.8 Å². The van der Waals surface area contributed by atoms with Crippen LogP contribution in [0.15, 0.2) is 54.6 Å². The molecule has 3 aromatic rings.